The van der Waals surface area contributed by atoms with Crippen LogP contribution in [0.4, 0.5) is 5.69 Å². The Morgan fingerprint density at radius 1 is 1.36 bits per heavy atom. The number of nitrogens with zero attached hydrogens (tertiary/aromatic N) is 2. The zero-order chi connectivity index (χ0) is 17.8. The molecule has 134 valence electrons. The van der Waals surface area contributed by atoms with Crippen molar-refractivity contribution in [3.63, 3.8) is 0 Å². The highest BCUT2D eigenvalue weighted by molar-refractivity contribution is 9.10. The van der Waals surface area contributed by atoms with Gasteiger partial charge in [0.1, 0.15) is 0 Å². The van der Waals surface area contributed by atoms with Crippen LogP contribution in [-0.2, 0) is 18.3 Å². The summed E-state index contributed by atoms with van der Waals surface area (Å²) < 4.78 is 3.11. The molecule has 0 bridgehead atoms. The Balaban J connectivity index is 1.67. The molecule has 0 radical (unpaired) electrons. The van der Waals surface area contributed by atoms with Gasteiger partial charge in [-0.2, -0.15) is 0 Å². The van der Waals surface area contributed by atoms with Gasteiger partial charge in [-0.15, -0.1) is 11.3 Å². The lowest BCUT2D eigenvalue weighted by Gasteiger charge is -2.16. The monoisotopic (exact) mass is 421 g/mol. The first-order valence-corrected chi connectivity index (χ1v) is 10.4. The molecule has 2 aromatic rings. The predicted molar refractivity (Wildman–Crippen MR) is 107 cm³/mol. The number of anilines is 1. The van der Waals surface area contributed by atoms with Crippen LogP contribution in [0.5, 0.6) is 0 Å². The first-order valence-electron chi connectivity index (χ1n) is 8.76. The van der Waals surface area contributed by atoms with E-state index in [1.807, 2.05) is 37.6 Å². The minimum atomic E-state index is -0.000612. The molecule has 1 saturated carbocycles. The number of hydrogen-bond donors (Lipinski definition) is 1. The smallest absolute Gasteiger partial charge is 0.230 e. The van der Waals surface area contributed by atoms with Crippen molar-refractivity contribution in [2.24, 2.45) is 12.0 Å². The average molecular weight is 422 g/mol. The summed E-state index contributed by atoms with van der Waals surface area (Å²) in [6.07, 6.45) is 6.65. The van der Waals surface area contributed by atoms with Gasteiger partial charge in [0.05, 0.1) is 12.5 Å². The van der Waals surface area contributed by atoms with Gasteiger partial charge in [-0.1, -0.05) is 35.2 Å². The number of aromatic nitrogens is 1. The van der Waals surface area contributed by atoms with E-state index in [2.05, 4.69) is 25.8 Å². The molecule has 1 aromatic heterocycles. The second-order valence-corrected chi connectivity index (χ2v) is 8.37. The second-order valence-electron chi connectivity index (χ2n) is 6.68. The molecule has 1 heterocycles. The van der Waals surface area contributed by atoms with E-state index in [1.54, 1.807) is 11.3 Å². The molecular weight excluding hydrogens is 398 g/mol. The van der Waals surface area contributed by atoms with Crippen LogP contribution >= 0.6 is 27.3 Å². The van der Waals surface area contributed by atoms with Gasteiger partial charge in [-0.3, -0.25) is 9.79 Å². The van der Waals surface area contributed by atoms with E-state index in [0.717, 1.165) is 26.2 Å². The van der Waals surface area contributed by atoms with E-state index in [0.29, 0.717) is 12.5 Å². The quantitative estimate of drug-likeness (QED) is 0.771. The number of thiazole rings is 1. The van der Waals surface area contributed by atoms with Crippen molar-refractivity contribution >= 4 is 38.9 Å². The van der Waals surface area contributed by atoms with E-state index in [1.165, 1.54) is 32.1 Å². The summed E-state index contributed by atoms with van der Waals surface area (Å²) in [5, 5.41) is 5.03. The van der Waals surface area contributed by atoms with Crippen molar-refractivity contribution in [3.8, 4) is 0 Å². The molecule has 0 aliphatic heterocycles. The van der Waals surface area contributed by atoms with Crippen LogP contribution in [0.1, 0.15) is 43.4 Å². The second kappa shape index (κ2) is 8.32. The molecule has 4 nitrogen and oxygen atoms in total. The molecule has 1 aromatic carbocycles. The Morgan fingerprint density at radius 3 is 2.84 bits per heavy atom. The molecule has 1 aliphatic carbocycles. The van der Waals surface area contributed by atoms with Crippen molar-refractivity contribution in [3.05, 3.63) is 44.1 Å². The molecular formula is C19H24BrN3OS. The van der Waals surface area contributed by atoms with Gasteiger partial charge in [0.25, 0.3) is 0 Å². The Kier molecular flexibility index (Phi) is 6.12. The summed E-state index contributed by atoms with van der Waals surface area (Å²) in [5.41, 5.74) is 2.94. The highest BCUT2D eigenvalue weighted by atomic mass is 79.9. The van der Waals surface area contributed by atoms with Crippen LogP contribution < -0.4 is 10.1 Å². The predicted octanol–water partition coefficient (Wildman–Crippen LogP) is 4.57. The zero-order valence-corrected chi connectivity index (χ0v) is 17.1. The van der Waals surface area contributed by atoms with E-state index in [-0.39, 0.29) is 5.91 Å². The molecule has 1 fully saturated rings. The minimum absolute atomic E-state index is 0.000612. The minimum Gasteiger partial charge on any atom is -0.326 e. The van der Waals surface area contributed by atoms with Crippen molar-refractivity contribution < 1.29 is 4.79 Å². The summed E-state index contributed by atoms with van der Waals surface area (Å²) in [6, 6.07) is 6.29. The maximum Gasteiger partial charge on any atom is 0.230 e. The molecule has 1 aliphatic rings. The lowest BCUT2D eigenvalue weighted by atomic mass is 9.96. The van der Waals surface area contributed by atoms with Crippen LogP contribution in [0.3, 0.4) is 0 Å². The largest absolute Gasteiger partial charge is 0.326 e. The molecule has 1 amide bonds. The number of benzene rings is 1. The summed E-state index contributed by atoms with van der Waals surface area (Å²) in [6.45, 7) is 2.01. The molecule has 1 N–H and O–H groups in total. The fraction of sp³-hybridized carbons (Fsp3) is 0.474. The Labute approximate surface area is 161 Å². The summed E-state index contributed by atoms with van der Waals surface area (Å²) >= 11 is 5.11. The summed E-state index contributed by atoms with van der Waals surface area (Å²) in [7, 11) is 2.00. The van der Waals surface area contributed by atoms with Gasteiger partial charge in [-0.05, 0) is 43.5 Å². The lowest BCUT2D eigenvalue weighted by molar-refractivity contribution is -0.115. The van der Waals surface area contributed by atoms with Gasteiger partial charge >= 0.3 is 0 Å². The third-order valence-electron chi connectivity index (χ3n) is 4.67. The number of nitrogens with one attached hydrogen (secondary N) is 1. The molecule has 0 spiro atoms. The van der Waals surface area contributed by atoms with E-state index in [4.69, 9.17) is 4.99 Å². The van der Waals surface area contributed by atoms with Crippen molar-refractivity contribution in [2.45, 2.75) is 51.5 Å². The first kappa shape index (κ1) is 18.4. The highest BCUT2D eigenvalue weighted by Gasteiger charge is 2.13. The topological polar surface area (TPSA) is 46.4 Å². The molecule has 25 heavy (non-hydrogen) atoms. The fourth-order valence-corrected chi connectivity index (χ4v) is 4.35. The molecule has 0 unspecified atom stereocenters. The van der Waals surface area contributed by atoms with E-state index in [9.17, 15) is 4.79 Å². The molecule has 6 heteroatoms. The standard InChI is InChI=1S/C19H24BrN3OS/c1-13-10-15(8-9-17(13)20)21-18(24)11-16-12-25-19(23(16)2)22-14-6-4-3-5-7-14/h8-10,12,14H,3-7,11H2,1-2H3,(H,21,24). The Bertz CT molecular complexity index is 818. The third-order valence-corrected chi connectivity index (χ3v) is 6.54. The molecule has 3 rings (SSSR count). The number of carbonyl (C=O) groups is 1. The first-order chi connectivity index (χ1) is 12.0. The van der Waals surface area contributed by atoms with Gasteiger partial charge in [0.15, 0.2) is 4.80 Å². The number of carbonyl (C=O) groups excluding carboxylic acids is 1. The zero-order valence-electron chi connectivity index (χ0n) is 14.7. The van der Waals surface area contributed by atoms with Gasteiger partial charge in [-0.25, -0.2) is 0 Å². The average Bonchev–Trinajstić information content (AvgIpc) is 2.92. The van der Waals surface area contributed by atoms with Crippen LogP contribution in [0.2, 0.25) is 0 Å². The Morgan fingerprint density at radius 2 is 2.12 bits per heavy atom. The number of amides is 1. The van der Waals surface area contributed by atoms with Gasteiger partial charge in [0.2, 0.25) is 5.91 Å². The van der Waals surface area contributed by atoms with E-state index >= 15 is 0 Å². The van der Waals surface area contributed by atoms with Gasteiger partial charge in [0, 0.05) is 28.3 Å². The maximum absolute atomic E-state index is 12.4. The van der Waals surface area contributed by atoms with Crippen molar-refractivity contribution in [2.75, 3.05) is 5.32 Å². The SMILES string of the molecule is Cc1cc(NC(=O)Cc2csc(=NC3CCCCC3)n2C)ccc1Br. The lowest BCUT2D eigenvalue weighted by Crippen LogP contribution is -2.22. The fourth-order valence-electron chi connectivity index (χ4n) is 3.14. The summed E-state index contributed by atoms with van der Waals surface area (Å²) in [4.78, 5) is 18.3. The molecule has 0 atom stereocenters. The van der Waals surface area contributed by atoms with Crippen molar-refractivity contribution in [1.82, 2.24) is 4.57 Å². The maximum atomic E-state index is 12.4. The van der Waals surface area contributed by atoms with Crippen LogP contribution in [0.25, 0.3) is 0 Å². The third kappa shape index (κ3) is 4.82. The van der Waals surface area contributed by atoms with Gasteiger partial charge < -0.3 is 9.88 Å². The number of halogens is 1. The highest BCUT2D eigenvalue weighted by Crippen LogP contribution is 2.21. The summed E-state index contributed by atoms with van der Waals surface area (Å²) in [5.74, 6) is -0.000612. The van der Waals surface area contributed by atoms with E-state index < -0.39 is 0 Å². The molecule has 0 saturated heterocycles. The Hall–Kier alpha value is -1.40. The van der Waals surface area contributed by atoms with Crippen LogP contribution in [-0.4, -0.2) is 16.5 Å². The van der Waals surface area contributed by atoms with Crippen LogP contribution in [0.15, 0.2) is 33.0 Å². The number of hydrogen-bond acceptors (Lipinski definition) is 3. The number of aryl methyl sites for hydroxylation is 1. The van der Waals surface area contributed by atoms with Crippen LogP contribution in [0, 0.1) is 6.92 Å². The van der Waals surface area contributed by atoms with Crippen molar-refractivity contribution in [1.29, 1.82) is 0 Å². The normalized spacial score (nSPS) is 16.2. The number of rotatable bonds is 4.